The van der Waals surface area contributed by atoms with Crippen LogP contribution in [-0.2, 0) is 7.05 Å². The number of nitrogens with zero attached hydrogens (tertiary/aromatic N) is 3. The molecule has 1 atom stereocenters. The first-order valence-corrected chi connectivity index (χ1v) is 11.0. The predicted molar refractivity (Wildman–Crippen MR) is 119 cm³/mol. The molecule has 1 aromatic carbocycles. The minimum Gasteiger partial charge on any atom is -0.464 e. The molecule has 0 aliphatic heterocycles. The van der Waals surface area contributed by atoms with E-state index in [0.29, 0.717) is 37.9 Å². The summed E-state index contributed by atoms with van der Waals surface area (Å²) in [7, 11) is 1.70. The highest BCUT2D eigenvalue weighted by Gasteiger charge is 2.19. The Labute approximate surface area is 178 Å². The summed E-state index contributed by atoms with van der Waals surface area (Å²) >= 11 is 2.78. The van der Waals surface area contributed by atoms with Gasteiger partial charge < -0.3 is 9.40 Å². The molecule has 0 aliphatic carbocycles. The second-order valence-corrected chi connectivity index (χ2v) is 8.96. The van der Waals surface area contributed by atoms with Gasteiger partial charge in [-0.05, 0) is 31.2 Å². The van der Waals surface area contributed by atoms with Crippen LogP contribution >= 0.6 is 23.1 Å². The Morgan fingerprint density at radius 2 is 2.00 bits per heavy atom. The van der Waals surface area contributed by atoms with Crippen molar-refractivity contribution in [3.8, 4) is 11.3 Å². The van der Waals surface area contributed by atoms with Crippen molar-refractivity contribution in [2.45, 2.75) is 17.3 Å². The van der Waals surface area contributed by atoms with E-state index >= 15 is 0 Å². The lowest BCUT2D eigenvalue weighted by atomic mass is 10.2. The Balaban J connectivity index is 1.54. The normalized spacial score (nSPS) is 12.6. The second kappa shape index (κ2) is 7.26. The van der Waals surface area contributed by atoms with E-state index in [0.717, 1.165) is 5.56 Å². The zero-order valence-electron chi connectivity index (χ0n) is 16.1. The lowest BCUT2D eigenvalue weighted by Crippen LogP contribution is -2.20. The van der Waals surface area contributed by atoms with Crippen molar-refractivity contribution in [1.29, 1.82) is 0 Å². The lowest BCUT2D eigenvalue weighted by Gasteiger charge is -2.13. The van der Waals surface area contributed by atoms with Crippen LogP contribution < -0.4 is 11.1 Å². The summed E-state index contributed by atoms with van der Waals surface area (Å²) in [5, 5.41) is 3.33. The van der Waals surface area contributed by atoms with Gasteiger partial charge in [0.1, 0.15) is 16.4 Å². The molecule has 0 amide bonds. The van der Waals surface area contributed by atoms with Crippen LogP contribution in [0.15, 0.2) is 67.2 Å². The van der Waals surface area contributed by atoms with Gasteiger partial charge in [-0.1, -0.05) is 23.9 Å². The molecule has 4 heterocycles. The van der Waals surface area contributed by atoms with Gasteiger partial charge in [0.25, 0.3) is 11.1 Å². The van der Waals surface area contributed by atoms with Crippen molar-refractivity contribution in [2.24, 2.45) is 7.05 Å². The van der Waals surface area contributed by atoms with Crippen LogP contribution in [0.1, 0.15) is 18.0 Å². The molecule has 4 aromatic heterocycles. The zero-order chi connectivity index (χ0) is 20.8. The number of rotatable bonds is 4. The quantitative estimate of drug-likeness (QED) is 0.333. The molecule has 0 saturated heterocycles. The highest BCUT2D eigenvalue weighted by atomic mass is 32.2. The lowest BCUT2D eigenvalue weighted by molar-refractivity contribution is 0.583. The van der Waals surface area contributed by atoms with Crippen molar-refractivity contribution in [3.05, 3.63) is 74.6 Å². The van der Waals surface area contributed by atoms with Crippen LogP contribution in [0.2, 0.25) is 0 Å². The third kappa shape index (κ3) is 3.06. The molecule has 30 heavy (non-hydrogen) atoms. The number of thiophene rings is 1. The maximum absolute atomic E-state index is 12.8. The van der Waals surface area contributed by atoms with Crippen molar-refractivity contribution in [3.63, 3.8) is 0 Å². The van der Waals surface area contributed by atoms with Gasteiger partial charge in [-0.25, -0.2) is 9.97 Å². The highest BCUT2D eigenvalue weighted by molar-refractivity contribution is 7.99. The molecule has 5 rings (SSSR count). The average molecular weight is 437 g/mol. The molecule has 0 aliphatic rings. The first kappa shape index (κ1) is 18.8. The summed E-state index contributed by atoms with van der Waals surface area (Å²) in [6, 6.07) is 10.9. The summed E-state index contributed by atoms with van der Waals surface area (Å²) in [5.74, 6) is 1.17. The first-order valence-electron chi connectivity index (χ1n) is 9.20. The third-order valence-electron chi connectivity index (χ3n) is 4.86. The van der Waals surface area contributed by atoms with Crippen LogP contribution in [0.25, 0.3) is 32.4 Å². The number of nitrogens with one attached hydrogen (secondary N) is 1. The van der Waals surface area contributed by atoms with E-state index in [9.17, 15) is 9.59 Å². The average Bonchev–Trinajstić information content (AvgIpc) is 3.41. The van der Waals surface area contributed by atoms with Gasteiger partial charge in [0.15, 0.2) is 5.16 Å². The number of H-pyrrole nitrogens is 1. The minimum atomic E-state index is -0.213. The molecule has 0 radical (unpaired) electrons. The maximum Gasteiger partial charge on any atom is 0.261 e. The topological polar surface area (TPSA) is 93.8 Å². The molecule has 0 spiro atoms. The molecule has 1 unspecified atom stereocenters. The van der Waals surface area contributed by atoms with Gasteiger partial charge in [-0.15, -0.1) is 11.3 Å². The van der Waals surface area contributed by atoms with Crippen molar-refractivity contribution >= 4 is 44.2 Å². The van der Waals surface area contributed by atoms with Crippen molar-refractivity contribution < 1.29 is 4.42 Å². The molecule has 0 saturated carbocycles. The molecule has 7 nitrogen and oxygen atoms in total. The molecular formula is C21H16N4O3S2. The van der Waals surface area contributed by atoms with E-state index in [1.165, 1.54) is 27.7 Å². The van der Waals surface area contributed by atoms with E-state index in [1.54, 1.807) is 25.4 Å². The minimum absolute atomic E-state index is 0.103. The number of para-hydroxylation sites is 1. The van der Waals surface area contributed by atoms with Crippen LogP contribution in [0, 0.1) is 0 Å². The number of aromatic amines is 1. The first-order chi connectivity index (χ1) is 14.5. The van der Waals surface area contributed by atoms with Gasteiger partial charge in [-0.3, -0.25) is 14.2 Å². The smallest absolute Gasteiger partial charge is 0.261 e. The summed E-state index contributed by atoms with van der Waals surface area (Å²) in [6.07, 6.45) is 1.58. The molecule has 0 fully saturated rings. The molecule has 9 heteroatoms. The summed E-state index contributed by atoms with van der Waals surface area (Å²) in [4.78, 5) is 38.3. The molecule has 1 N–H and O–H groups in total. The number of fused-ring (bicyclic) bond motifs is 2. The number of aromatic nitrogens is 4. The van der Waals surface area contributed by atoms with E-state index in [4.69, 9.17) is 4.42 Å². The summed E-state index contributed by atoms with van der Waals surface area (Å²) in [5.41, 5.74) is 1.07. The number of furan rings is 1. The fraction of sp³-hybridized carbons (Fsp3) is 0.143. The van der Waals surface area contributed by atoms with Gasteiger partial charge in [0.05, 0.1) is 27.8 Å². The van der Waals surface area contributed by atoms with Crippen LogP contribution in [-0.4, -0.2) is 19.5 Å². The molecule has 5 aromatic rings. The maximum atomic E-state index is 12.8. The Morgan fingerprint density at radius 1 is 1.17 bits per heavy atom. The summed E-state index contributed by atoms with van der Waals surface area (Å²) < 4.78 is 6.97. The second-order valence-electron chi connectivity index (χ2n) is 6.79. The van der Waals surface area contributed by atoms with Crippen LogP contribution in [0.3, 0.4) is 0 Å². The Bertz CT molecular complexity index is 1500. The van der Waals surface area contributed by atoms with Gasteiger partial charge in [0, 0.05) is 18.0 Å². The molecular weight excluding hydrogens is 420 g/mol. The fourth-order valence-corrected chi connectivity index (χ4v) is 5.15. The number of benzene rings is 1. The largest absolute Gasteiger partial charge is 0.464 e. The van der Waals surface area contributed by atoms with Gasteiger partial charge in [-0.2, -0.15) is 0 Å². The Hall–Kier alpha value is -3.17. The molecule has 150 valence electrons. The zero-order valence-corrected chi connectivity index (χ0v) is 17.7. The SMILES string of the molecule is CC(Sc1nc2ccccc2c(=O)n1C)c1nc2scc(-c3ccco3)c2c(=O)[nH]1. The van der Waals surface area contributed by atoms with Crippen LogP contribution in [0.4, 0.5) is 0 Å². The van der Waals surface area contributed by atoms with E-state index in [-0.39, 0.29) is 16.4 Å². The molecule has 0 bridgehead atoms. The number of thioether (sulfide) groups is 1. The summed E-state index contributed by atoms with van der Waals surface area (Å²) in [6.45, 7) is 1.93. The Morgan fingerprint density at radius 3 is 2.80 bits per heavy atom. The van der Waals surface area contributed by atoms with Gasteiger partial charge in [0.2, 0.25) is 0 Å². The van der Waals surface area contributed by atoms with E-state index < -0.39 is 0 Å². The fourth-order valence-electron chi connectivity index (χ4n) is 3.29. The highest BCUT2D eigenvalue weighted by Crippen LogP contribution is 2.35. The van der Waals surface area contributed by atoms with Crippen molar-refractivity contribution in [1.82, 2.24) is 19.5 Å². The standard InChI is InChI=1S/C21H16N4O3S2/c1-11(30-21-22-14-7-4-3-6-12(14)20(27)25(21)2)17-23-18(26)16-13(10-29-19(16)24-17)15-8-5-9-28-15/h3-11H,1-2H3,(H,23,24,26). The monoisotopic (exact) mass is 436 g/mol. The van der Waals surface area contributed by atoms with Crippen LogP contribution in [0.5, 0.6) is 0 Å². The van der Waals surface area contributed by atoms with Gasteiger partial charge >= 0.3 is 0 Å². The number of hydrogen-bond acceptors (Lipinski definition) is 7. The van der Waals surface area contributed by atoms with Crippen molar-refractivity contribution in [2.75, 3.05) is 0 Å². The predicted octanol–water partition coefficient (Wildman–Crippen LogP) is 4.34. The van der Waals surface area contributed by atoms with E-state index in [2.05, 4.69) is 15.0 Å². The Kier molecular flexibility index (Phi) is 4.56. The van der Waals surface area contributed by atoms with E-state index in [1.807, 2.05) is 36.6 Å². The number of hydrogen-bond donors (Lipinski definition) is 1. The third-order valence-corrected chi connectivity index (χ3v) is 6.88.